The zero-order chi connectivity index (χ0) is 15.0. The Hall–Kier alpha value is -1.88. The van der Waals surface area contributed by atoms with E-state index in [0.29, 0.717) is 6.42 Å². The van der Waals surface area contributed by atoms with Crippen molar-refractivity contribution in [1.82, 2.24) is 0 Å². The molecule has 0 aliphatic rings. The summed E-state index contributed by atoms with van der Waals surface area (Å²) in [6, 6.07) is 5.82. The highest BCUT2D eigenvalue weighted by atomic mass is 16.5. The number of carboxylic acids is 1. The topological polar surface area (TPSA) is 86.7 Å². The number of unbranched alkanes of at least 4 members (excludes halogenated alkanes) is 1. The first-order valence-corrected chi connectivity index (χ1v) is 6.64. The molecule has 1 atom stereocenters. The lowest BCUT2D eigenvalue weighted by molar-refractivity contribution is -0.255. The molecule has 0 amide bonds. The molecule has 1 aromatic rings. The highest BCUT2D eigenvalue weighted by molar-refractivity contribution is 6.01. The van der Waals surface area contributed by atoms with Crippen molar-refractivity contribution >= 4 is 11.9 Å². The largest absolute Gasteiger partial charge is 0.545 e. The van der Waals surface area contributed by atoms with Gasteiger partial charge in [-0.1, -0.05) is 25.1 Å². The number of aliphatic hydroxyl groups excluding tert-OH is 1. The van der Waals surface area contributed by atoms with Crippen LogP contribution >= 0.6 is 0 Å². The summed E-state index contributed by atoms with van der Waals surface area (Å²) >= 11 is 0. The molecule has 1 unspecified atom stereocenters. The Labute approximate surface area is 118 Å². The molecule has 0 aliphatic carbocycles. The number of ether oxygens (including phenoxy) is 1. The maximum atomic E-state index is 11.8. The maximum absolute atomic E-state index is 11.8. The molecule has 0 radical (unpaired) electrons. The predicted octanol–water partition coefficient (Wildman–Crippen LogP) is 1.01. The lowest BCUT2D eigenvalue weighted by Gasteiger charge is -2.10. The van der Waals surface area contributed by atoms with Crippen molar-refractivity contribution in [2.75, 3.05) is 13.2 Å². The van der Waals surface area contributed by atoms with E-state index in [1.165, 1.54) is 18.2 Å². The summed E-state index contributed by atoms with van der Waals surface area (Å²) in [4.78, 5) is 22.6. The summed E-state index contributed by atoms with van der Waals surface area (Å²) < 4.78 is 5.04. The monoisotopic (exact) mass is 279 g/mol. The van der Waals surface area contributed by atoms with Crippen LogP contribution in [0.15, 0.2) is 24.3 Å². The molecule has 20 heavy (non-hydrogen) atoms. The van der Waals surface area contributed by atoms with Gasteiger partial charge in [-0.2, -0.15) is 0 Å². The van der Waals surface area contributed by atoms with E-state index in [1.54, 1.807) is 6.07 Å². The number of esters is 1. The van der Waals surface area contributed by atoms with Gasteiger partial charge < -0.3 is 19.7 Å². The normalized spacial score (nSPS) is 11.9. The smallest absolute Gasteiger partial charge is 0.338 e. The Morgan fingerprint density at radius 2 is 1.90 bits per heavy atom. The highest BCUT2D eigenvalue weighted by Crippen LogP contribution is 2.11. The van der Waals surface area contributed by atoms with Gasteiger partial charge >= 0.3 is 5.97 Å². The van der Waals surface area contributed by atoms with Crippen molar-refractivity contribution in [3.8, 4) is 0 Å². The van der Waals surface area contributed by atoms with Crippen LogP contribution in [0.1, 0.15) is 46.9 Å². The minimum absolute atomic E-state index is 0.0104. The van der Waals surface area contributed by atoms with Crippen molar-refractivity contribution in [2.24, 2.45) is 5.92 Å². The summed E-state index contributed by atoms with van der Waals surface area (Å²) in [6.07, 6.45) is 2.39. The van der Waals surface area contributed by atoms with E-state index in [0.717, 1.165) is 12.8 Å². The first kappa shape index (κ1) is 16.2. The van der Waals surface area contributed by atoms with E-state index < -0.39 is 11.9 Å². The SMILES string of the molecule is CC(CO)CCCCOC(=O)c1ccccc1C(=O)[O-]. The van der Waals surface area contributed by atoms with E-state index >= 15 is 0 Å². The summed E-state index contributed by atoms with van der Waals surface area (Å²) in [5, 5.41) is 19.7. The van der Waals surface area contributed by atoms with Crippen LogP contribution in [0.5, 0.6) is 0 Å². The third-order valence-corrected chi connectivity index (χ3v) is 3.00. The number of hydrogen-bond donors (Lipinski definition) is 1. The molecule has 110 valence electrons. The fourth-order valence-electron chi connectivity index (χ4n) is 1.77. The van der Waals surface area contributed by atoms with Gasteiger partial charge in [-0.15, -0.1) is 0 Å². The number of rotatable bonds is 8. The first-order valence-electron chi connectivity index (χ1n) is 6.64. The van der Waals surface area contributed by atoms with Crippen molar-refractivity contribution in [3.63, 3.8) is 0 Å². The van der Waals surface area contributed by atoms with Gasteiger partial charge in [-0.25, -0.2) is 4.79 Å². The van der Waals surface area contributed by atoms with Gasteiger partial charge in [0.05, 0.1) is 18.1 Å². The quantitative estimate of drug-likeness (QED) is 0.567. The molecule has 1 rings (SSSR count). The van der Waals surface area contributed by atoms with E-state index in [-0.39, 0.29) is 30.3 Å². The third kappa shape index (κ3) is 5.01. The van der Waals surface area contributed by atoms with E-state index in [4.69, 9.17) is 9.84 Å². The first-order chi connectivity index (χ1) is 9.56. The van der Waals surface area contributed by atoms with Crippen molar-refractivity contribution < 1.29 is 24.5 Å². The zero-order valence-electron chi connectivity index (χ0n) is 11.5. The van der Waals surface area contributed by atoms with E-state index in [9.17, 15) is 14.7 Å². The molecule has 0 bridgehead atoms. The molecule has 0 spiro atoms. The van der Waals surface area contributed by atoms with Crippen LogP contribution in [0.3, 0.4) is 0 Å². The highest BCUT2D eigenvalue weighted by Gasteiger charge is 2.12. The van der Waals surface area contributed by atoms with Gasteiger partial charge in [0.1, 0.15) is 0 Å². The third-order valence-electron chi connectivity index (χ3n) is 3.00. The number of carbonyl (C=O) groups excluding carboxylic acids is 2. The van der Waals surface area contributed by atoms with Crippen molar-refractivity contribution in [1.29, 1.82) is 0 Å². The fraction of sp³-hybridized carbons (Fsp3) is 0.467. The average Bonchev–Trinajstić information content (AvgIpc) is 2.46. The summed E-state index contributed by atoms with van der Waals surface area (Å²) in [5.74, 6) is -1.81. The van der Waals surface area contributed by atoms with Crippen LogP contribution in [0, 0.1) is 5.92 Å². The summed E-state index contributed by atoms with van der Waals surface area (Å²) in [6.45, 7) is 2.33. The van der Waals surface area contributed by atoms with Crippen LogP contribution in [-0.4, -0.2) is 30.3 Å². The lowest BCUT2D eigenvalue weighted by Crippen LogP contribution is -2.25. The molecule has 1 N–H and O–H groups in total. The van der Waals surface area contributed by atoms with E-state index in [2.05, 4.69) is 0 Å². The van der Waals surface area contributed by atoms with Crippen LogP contribution in [0.25, 0.3) is 0 Å². The molecule has 0 heterocycles. The van der Waals surface area contributed by atoms with Crippen molar-refractivity contribution in [2.45, 2.75) is 26.2 Å². The molecule has 1 aromatic carbocycles. The minimum atomic E-state index is -1.39. The molecule has 0 saturated carbocycles. The van der Waals surface area contributed by atoms with Crippen molar-refractivity contribution in [3.05, 3.63) is 35.4 Å². The van der Waals surface area contributed by atoms with Gasteiger partial charge in [0.25, 0.3) is 0 Å². The van der Waals surface area contributed by atoms with Gasteiger partial charge in [0.15, 0.2) is 0 Å². The van der Waals surface area contributed by atoms with Crippen LogP contribution in [0.4, 0.5) is 0 Å². The van der Waals surface area contributed by atoms with Gasteiger partial charge in [-0.05, 0) is 31.2 Å². The predicted molar refractivity (Wildman–Crippen MR) is 71.2 cm³/mol. The summed E-state index contributed by atoms with van der Waals surface area (Å²) in [7, 11) is 0. The van der Waals surface area contributed by atoms with Gasteiger partial charge in [0, 0.05) is 12.2 Å². The Morgan fingerprint density at radius 1 is 1.25 bits per heavy atom. The molecule has 5 heteroatoms. The Bertz CT molecular complexity index is 455. The molecule has 5 nitrogen and oxygen atoms in total. The Morgan fingerprint density at radius 3 is 2.50 bits per heavy atom. The Kier molecular flexibility index (Phi) is 6.73. The number of aromatic carboxylic acids is 1. The number of hydrogen-bond acceptors (Lipinski definition) is 5. The molecule has 0 saturated heterocycles. The van der Waals surface area contributed by atoms with Crippen LogP contribution < -0.4 is 5.11 Å². The average molecular weight is 279 g/mol. The zero-order valence-corrected chi connectivity index (χ0v) is 11.5. The summed E-state index contributed by atoms with van der Waals surface area (Å²) in [5.41, 5.74) is -0.150. The number of carbonyl (C=O) groups is 2. The molecule has 0 aliphatic heterocycles. The standard InChI is InChI=1S/C15H20O5/c1-11(10-16)6-4-5-9-20-15(19)13-8-3-2-7-12(13)14(17)18/h2-3,7-8,11,16H,4-6,9-10H2,1H3,(H,17,18)/p-1. The second-order valence-electron chi connectivity index (χ2n) is 4.75. The molecular weight excluding hydrogens is 260 g/mol. The van der Waals surface area contributed by atoms with E-state index in [1.807, 2.05) is 6.92 Å². The van der Waals surface area contributed by atoms with Gasteiger partial charge in [0.2, 0.25) is 0 Å². The van der Waals surface area contributed by atoms with Crippen LogP contribution in [-0.2, 0) is 4.74 Å². The lowest BCUT2D eigenvalue weighted by atomic mass is 10.1. The maximum Gasteiger partial charge on any atom is 0.338 e. The fourth-order valence-corrected chi connectivity index (χ4v) is 1.77. The number of carboxylic acid groups (broad SMARTS) is 1. The molecule has 0 aromatic heterocycles. The minimum Gasteiger partial charge on any atom is -0.545 e. The number of benzene rings is 1. The van der Waals surface area contributed by atoms with Crippen LogP contribution in [0.2, 0.25) is 0 Å². The Balaban J connectivity index is 2.42. The molecular formula is C15H19O5-. The second-order valence-corrected chi connectivity index (χ2v) is 4.75. The number of aliphatic hydroxyl groups is 1. The second kappa shape index (κ2) is 8.32. The van der Waals surface area contributed by atoms with Gasteiger partial charge in [-0.3, -0.25) is 0 Å². The molecule has 0 fully saturated rings.